The smallest absolute Gasteiger partial charge is 0.410 e. The molecule has 0 saturated carbocycles. The molecule has 35 heavy (non-hydrogen) atoms. The van der Waals surface area contributed by atoms with Crippen LogP contribution in [0.3, 0.4) is 0 Å². The molecule has 1 saturated heterocycles. The lowest BCUT2D eigenvalue weighted by Gasteiger charge is -2.40. The maximum atomic E-state index is 13.6. The molecule has 7 nitrogen and oxygen atoms in total. The van der Waals surface area contributed by atoms with Crippen molar-refractivity contribution >= 4 is 12.0 Å². The number of rotatable bonds is 9. The summed E-state index contributed by atoms with van der Waals surface area (Å²) in [6, 6.07) is 11.9. The summed E-state index contributed by atoms with van der Waals surface area (Å²) in [5, 5.41) is 16.8. The normalized spacial score (nSPS) is 16.9. The van der Waals surface area contributed by atoms with Gasteiger partial charge in [-0.2, -0.15) is 0 Å². The van der Waals surface area contributed by atoms with E-state index in [2.05, 4.69) is 10.6 Å². The first-order chi connectivity index (χ1) is 16.6. The number of halogens is 2. The molecule has 2 atom stereocenters. The lowest BCUT2D eigenvalue weighted by Crippen LogP contribution is -2.56. The van der Waals surface area contributed by atoms with Crippen molar-refractivity contribution in [1.29, 1.82) is 0 Å². The number of ether oxygens (including phenoxy) is 1. The standard InChI is InChI=1S/C26H33F2N3O4/c1-18(32)30-23(14-20-12-21(27)15-22(28)13-20)24(33)16-29-26(2)8-10-31(11-9-26)25(34)35-17-19-6-4-3-5-7-19/h3-7,12-13,15,23-24,29,33H,8-11,14,16-17H2,1-2H3,(H,30,32)/t23-,24+/m0/s1. The van der Waals surface area contributed by atoms with Gasteiger partial charge in [-0.15, -0.1) is 0 Å². The van der Waals surface area contributed by atoms with E-state index >= 15 is 0 Å². The molecular formula is C26H33F2N3O4. The lowest BCUT2D eigenvalue weighted by atomic mass is 9.89. The van der Waals surface area contributed by atoms with Gasteiger partial charge in [0.1, 0.15) is 18.2 Å². The topological polar surface area (TPSA) is 90.9 Å². The number of β-amino-alcohol motifs (C(OH)–C–C–N with tert-alkyl or cyclic N) is 1. The molecule has 0 aromatic heterocycles. The fourth-order valence-electron chi connectivity index (χ4n) is 4.19. The maximum absolute atomic E-state index is 13.6. The van der Waals surface area contributed by atoms with Gasteiger partial charge in [-0.1, -0.05) is 30.3 Å². The number of hydrogen-bond acceptors (Lipinski definition) is 5. The molecule has 0 bridgehead atoms. The Hall–Kier alpha value is -3.04. The van der Waals surface area contributed by atoms with Crippen LogP contribution in [0.2, 0.25) is 0 Å². The zero-order chi connectivity index (χ0) is 25.4. The number of aliphatic hydroxyl groups is 1. The Morgan fingerprint density at radius 1 is 1.09 bits per heavy atom. The Bertz CT molecular complexity index is 977. The zero-order valence-electron chi connectivity index (χ0n) is 20.1. The minimum absolute atomic E-state index is 0.0782. The molecule has 2 aromatic rings. The van der Waals surface area contributed by atoms with Crippen molar-refractivity contribution in [2.45, 2.75) is 57.4 Å². The van der Waals surface area contributed by atoms with Crippen LogP contribution >= 0.6 is 0 Å². The van der Waals surface area contributed by atoms with Crippen molar-refractivity contribution in [3.63, 3.8) is 0 Å². The number of carbonyl (C=O) groups is 2. The van der Waals surface area contributed by atoms with Crippen LogP contribution in [-0.2, 0) is 22.6 Å². The molecule has 0 aliphatic carbocycles. The van der Waals surface area contributed by atoms with Crippen LogP contribution in [0.1, 0.15) is 37.8 Å². The summed E-state index contributed by atoms with van der Waals surface area (Å²) in [5.41, 5.74) is 0.935. The molecule has 2 amide bonds. The van der Waals surface area contributed by atoms with Crippen molar-refractivity contribution in [1.82, 2.24) is 15.5 Å². The van der Waals surface area contributed by atoms with Gasteiger partial charge in [-0.25, -0.2) is 13.6 Å². The van der Waals surface area contributed by atoms with Gasteiger partial charge >= 0.3 is 6.09 Å². The number of nitrogens with zero attached hydrogens (tertiary/aromatic N) is 1. The predicted molar refractivity (Wildman–Crippen MR) is 128 cm³/mol. The number of hydrogen-bond donors (Lipinski definition) is 3. The second-order valence-electron chi connectivity index (χ2n) is 9.32. The van der Waals surface area contributed by atoms with E-state index in [1.807, 2.05) is 37.3 Å². The quantitative estimate of drug-likeness (QED) is 0.504. The summed E-state index contributed by atoms with van der Waals surface area (Å²) in [7, 11) is 0. The molecule has 0 spiro atoms. The molecule has 1 fully saturated rings. The van der Waals surface area contributed by atoms with E-state index in [1.165, 1.54) is 19.1 Å². The van der Waals surface area contributed by atoms with Gasteiger partial charge < -0.3 is 25.4 Å². The Balaban J connectivity index is 1.49. The van der Waals surface area contributed by atoms with Gasteiger partial charge in [0.25, 0.3) is 0 Å². The molecule has 190 valence electrons. The molecule has 3 N–H and O–H groups in total. The summed E-state index contributed by atoms with van der Waals surface area (Å²) in [6.45, 7) is 4.74. The number of piperidine rings is 1. The minimum Gasteiger partial charge on any atom is -0.445 e. The zero-order valence-corrected chi connectivity index (χ0v) is 20.1. The van der Waals surface area contributed by atoms with Crippen LogP contribution in [-0.4, -0.2) is 59.3 Å². The third kappa shape index (κ3) is 8.29. The first-order valence-electron chi connectivity index (χ1n) is 11.7. The van der Waals surface area contributed by atoms with Crippen LogP contribution in [0.4, 0.5) is 13.6 Å². The van der Waals surface area contributed by atoms with Crippen LogP contribution in [0, 0.1) is 11.6 Å². The van der Waals surface area contributed by atoms with E-state index in [0.29, 0.717) is 31.5 Å². The molecule has 0 radical (unpaired) electrons. The number of nitrogens with one attached hydrogen (secondary N) is 2. The second-order valence-corrected chi connectivity index (χ2v) is 9.32. The molecule has 9 heteroatoms. The van der Waals surface area contributed by atoms with Crippen LogP contribution < -0.4 is 10.6 Å². The van der Waals surface area contributed by atoms with E-state index < -0.39 is 23.8 Å². The second kappa shape index (κ2) is 12.1. The largest absolute Gasteiger partial charge is 0.445 e. The number of benzene rings is 2. The Kier molecular flexibility index (Phi) is 9.17. The first kappa shape index (κ1) is 26.6. The van der Waals surface area contributed by atoms with Crippen molar-refractivity contribution in [3.8, 4) is 0 Å². The highest BCUT2D eigenvalue weighted by molar-refractivity contribution is 5.73. The average Bonchev–Trinajstić information content (AvgIpc) is 2.81. The van der Waals surface area contributed by atoms with E-state index in [-0.39, 0.29) is 37.1 Å². The predicted octanol–water partition coefficient (Wildman–Crippen LogP) is 3.15. The van der Waals surface area contributed by atoms with Gasteiger partial charge in [0.2, 0.25) is 5.91 Å². The fourth-order valence-corrected chi connectivity index (χ4v) is 4.19. The first-order valence-corrected chi connectivity index (χ1v) is 11.7. The van der Waals surface area contributed by atoms with Crippen molar-refractivity contribution in [2.24, 2.45) is 0 Å². The molecule has 1 aliphatic heterocycles. The molecule has 1 aliphatic rings. The van der Waals surface area contributed by atoms with Crippen LogP contribution in [0.15, 0.2) is 48.5 Å². The third-order valence-corrected chi connectivity index (χ3v) is 6.30. The molecule has 1 heterocycles. The molecular weight excluding hydrogens is 456 g/mol. The number of likely N-dealkylation sites (tertiary alicyclic amines) is 1. The summed E-state index contributed by atoms with van der Waals surface area (Å²) in [6.07, 6.45) is 0.0366. The van der Waals surface area contributed by atoms with Crippen LogP contribution in [0.5, 0.6) is 0 Å². The highest BCUT2D eigenvalue weighted by Crippen LogP contribution is 2.23. The summed E-state index contributed by atoms with van der Waals surface area (Å²) in [4.78, 5) is 25.7. The van der Waals surface area contributed by atoms with Gasteiger partial charge in [0, 0.05) is 38.2 Å². The highest BCUT2D eigenvalue weighted by Gasteiger charge is 2.33. The lowest BCUT2D eigenvalue weighted by molar-refractivity contribution is -0.120. The van der Waals surface area contributed by atoms with Crippen molar-refractivity contribution in [2.75, 3.05) is 19.6 Å². The molecule has 0 unspecified atom stereocenters. The van der Waals surface area contributed by atoms with Gasteiger partial charge in [-0.3, -0.25) is 4.79 Å². The van der Waals surface area contributed by atoms with E-state index in [4.69, 9.17) is 4.74 Å². The van der Waals surface area contributed by atoms with Crippen molar-refractivity contribution in [3.05, 3.63) is 71.3 Å². The van der Waals surface area contributed by atoms with E-state index in [1.54, 1.807) is 4.90 Å². The SMILES string of the molecule is CC(=O)N[C@@H](Cc1cc(F)cc(F)c1)[C@H](O)CNC1(C)CCN(C(=O)OCc2ccccc2)CC1. The van der Waals surface area contributed by atoms with Gasteiger partial charge in [0.15, 0.2) is 0 Å². The van der Waals surface area contributed by atoms with E-state index in [9.17, 15) is 23.5 Å². The van der Waals surface area contributed by atoms with Crippen LogP contribution in [0.25, 0.3) is 0 Å². The highest BCUT2D eigenvalue weighted by atomic mass is 19.1. The minimum atomic E-state index is -0.990. The summed E-state index contributed by atoms with van der Waals surface area (Å²) < 4.78 is 32.5. The Labute approximate surface area is 204 Å². The monoisotopic (exact) mass is 489 g/mol. The number of aliphatic hydroxyl groups excluding tert-OH is 1. The number of amides is 2. The molecule has 3 rings (SSSR count). The molecule has 2 aromatic carbocycles. The summed E-state index contributed by atoms with van der Waals surface area (Å²) in [5.74, 6) is -1.77. The van der Waals surface area contributed by atoms with Gasteiger partial charge in [0.05, 0.1) is 12.1 Å². The van der Waals surface area contributed by atoms with Gasteiger partial charge in [-0.05, 0) is 49.4 Å². The average molecular weight is 490 g/mol. The van der Waals surface area contributed by atoms with Crippen molar-refractivity contribution < 1.29 is 28.2 Å². The Morgan fingerprint density at radius 3 is 2.31 bits per heavy atom. The third-order valence-electron chi connectivity index (χ3n) is 6.30. The summed E-state index contributed by atoms with van der Waals surface area (Å²) >= 11 is 0. The Morgan fingerprint density at radius 2 is 1.71 bits per heavy atom. The number of carbonyl (C=O) groups excluding carboxylic acids is 2. The fraction of sp³-hybridized carbons (Fsp3) is 0.462. The maximum Gasteiger partial charge on any atom is 0.410 e. The van der Waals surface area contributed by atoms with E-state index in [0.717, 1.165) is 11.6 Å².